The normalized spacial score (nSPS) is 11.1. The smallest absolute Gasteiger partial charge is 0.250 e. The first-order valence-corrected chi connectivity index (χ1v) is 11.3. The summed E-state index contributed by atoms with van der Waals surface area (Å²) < 4.78 is 1.93. The van der Waals surface area contributed by atoms with Crippen LogP contribution in [0.25, 0.3) is 17.1 Å². The molecule has 0 fully saturated rings. The molecule has 6 nitrogen and oxygen atoms in total. The monoisotopic (exact) mass is 481 g/mol. The Bertz CT molecular complexity index is 1250. The highest BCUT2D eigenvalue weighted by molar-refractivity contribution is 7.99. The topological polar surface area (TPSA) is 72.2 Å². The summed E-state index contributed by atoms with van der Waals surface area (Å²) in [6, 6.07) is 24.6. The molecule has 0 spiro atoms. The number of carbonyl (C=O) groups is 1. The van der Waals surface area contributed by atoms with E-state index in [1.807, 2.05) is 65.2 Å². The molecule has 0 saturated heterocycles. The highest BCUT2D eigenvalue weighted by Gasteiger charge is 2.17. The molecule has 0 unspecified atom stereocenters. The van der Waals surface area contributed by atoms with Crippen molar-refractivity contribution in [2.45, 2.75) is 5.16 Å². The van der Waals surface area contributed by atoms with Gasteiger partial charge in [-0.2, -0.15) is 5.10 Å². The van der Waals surface area contributed by atoms with E-state index in [0.717, 1.165) is 11.3 Å². The molecule has 3 aromatic carbocycles. The van der Waals surface area contributed by atoms with E-state index >= 15 is 0 Å². The number of thioether (sulfide) groups is 1. The van der Waals surface area contributed by atoms with Gasteiger partial charge in [-0.3, -0.25) is 9.36 Å². The van der Waals surface area contributed by atoms with E-state index in [4.69, 9.17) is 23.2 Å². The lowest BCUT2D eigenvalue weighted by molar-refractivity contribution is -0.118. The van der Waals surface area contributed by atoms with Gasteiger partial charge in [0, 0.05) is 21.8 Å². The number of carbonyl (C=O) groups excluding carboxylic acids is 1. The maximum Gasteiger partial charge on any atom is 0.250 e. The molecule has 0 aliphatic rings. The molecule has 0 radical (unpaired) electrons. The maximum absolute atomic E-state index is 12.3. The number of hydrogen-bond acceptors (Lipinski definition) is 5. The summed E-state index contributed by atoms with van der Waals surface area (Å²) in [5, 5.41) is 14.2. The molecule has 9 heteroatoms. The zero-order valence-corrected chi connectivity index (χ0v) is 19.0. The molecule has 1 heterocycles. The number of para-hydroxylation sites is 1. The van der Waals surface area contributed by atoms with Crippen molar-refractivity contribution < 1.29 is 4.79 Å². The molecule has 0 bridgehead atoms. The fourth-order valence-electron chi connectivity index (χ4n) is 2.89. The predicted octanol–water partition coefficient (Wildman–Crippen LogP) is 5.48. The van der Waals surface area contributed by atoms with Gasteiger partial charge in [0.2, 0.25) is 0 Å². The van der Waals surface area contributed by atoms with Crippen LogP contribution in [-0.4, -0.2) is 32.6 Å². The van der Waals surface area contributed by atoms with Gasteiger partial charge in [0.15, 0.2) is 11.0 Å². The van der Waals surface area contributed by atoms with Crippen molar-refractivity contribution in [3.63, 3.8) is 0 Å². The van der Waals surface area contributed by atoms with E-state index in [0.29, 0.717) is 26.6 Å². The number of benzene rings is 3. The Morgan fingerprint density at radius 2 is 1.72 bits per heavy atom. The summed E-state index contributed by atoms with van der Waals surface area (Å²) >= 11 is 13.3. The van der Waals surface area contributed by atoms with Gasteiger partial charge in [-0.05, 0) is 24.3 Å². The molecule has 0 atom stereocenters. The van der Waals surface area contributed by atoms with Crippen molar-refractivity contribution in [1.82, 2.24) is 20.2 Å². The second kappa shape index (κ2) is 10.5. The second-order valence-electron chi connectivity index (χ2n) is 6.59. The highest BCUT2D eigenvalue weighted by Crippen LogP contribution is 2.27. The second-order valence-corrected chi connectivity index (χ2v) is 8.38. The molecular weight excluding hydrogens is 465 g/mol. The number of aromatic nitrogens is 3. The number of amides is 1. The van der Waals surface area contributed by atoms with Crippen molar-refractivity contribution in [3.8, 4) is 17.1 Å². The Balaban J connectivity index is 1.48. The van der Waals surface area contributed by atoms with Crippen LogP contribution in [0.5, 0.6) is 0 Å². The Morgan fingerprint density at radius 1 is 1.00 bits per heavy atom. The summed E-state index contributed by atoms with van der Waals surface area (Å²) in [5.41, 5.74) is 5.00. The van der Waals surface area contributed by atoms with E-state index in [9.17, 15) is 4.79 Å². The number of nitrogens with zero attached hydrogens (tertiary/aromatic N) is 4. The minimum atomic E-state index is -0.278. The van der Waals surface area contributed by atoms with E-state index < -0.39 is 0 Å². The van der Waals surface area contributed by atoms with Crippen molar-refractivity contribution in [3.05, 3.63) is 94.5 Å². The molecule has 0 aliphatic heterocycles. The van der Waals surface area contributed by atoms with Gasteiger partial charge in [-0.25, -0.2) is 5.43 Å². The predicted molar refractivity (Wildman–Crippen MR) is 130 cm³/mol. The van der Waals surface area contributed by atoms with Crippen molar-refractivity contribution >= 4 is 47.1 Å². The van der Waals surface area contributed by atoms with E-state index in [1.54, 1.807) is 18.2 Å². The first-order valence-electron chi connectivity index (χ1n) is 9.58. The van der Waals surface area contributed by atoms with Gasteiger partial charge in [0.1, 0.15) is 0 Å². The minimum absolute atomic E-state index is 0.117. The Labute approximate surface area is 199 Å². The number of rotatable bonds is 7. The molecule has 4 rings (SSSR count). The zero-order chi connectivity index (χ0) is 22.3. The van der Waals surface area contributed by atoms with Gasteiger partial charge in [-0.1, -0.05) is 89.6 Å². The van der Waals surface area contributed by atoms with Gasteiger partial charge in [0.05, 0.1) is 17.0 Å². The van der Waals surface area contributed by atoms with Gasteiger partial charge < -0.3 is 0 Å². The Kier molecular flexibility index (Phi) is 7.21. The number of hydrazone groups is 1. The SMILES string of the molecule is O=C(CSc1nnc(-c2ccccc2)n1-c1ccccc1)N/N=C\c1ccc(Cl)cc1Cl. The van der Waals surface area contributed by atoms with E-state index in [1.165, 1.54) is 18.0 Å². The van der Waals surface area contributed by atoms with E-state index in [-0.39, 0.29) is 11.7 Å². The van der Waals surface area contributed by atoms with Crippen LogP contribution in [-0.2, 0) is 4.79 Å². The molecule has 0 saturated carbocycles. The van der Waals surface area contributed by atoms with Crippen LogP contribution in [0.4, 0.5) is 0 Å². The third kappa shape index (κ3) is 5.37. The van der Waals surface area contributed by atoms with Crippen molar-refractivity contribution in [2.75, 3.05) is 5.75 Å². The first kappa shape index (κ1) is 22.1. The van der Waals surface area contributed by atoms with Crippen LogP contribution >= 0.6 is 35.0 Å². The lowest BCUT2D eigenvalue weighted by Gasteiger charge is -2.10. The lowest BCUT2D eigenvalue weighted by atomic mass is 10.2. The van der Waals surface area contributed by atoms with Crippen LogP contribution in [0.2, 0.25) is 10.0 Å². The van der Waals surface area contributed by atoms with Crippen LogP contribution < -0.4 is 5.43 Å². The molecule has 1 aromatic heterocycles. The van der Waals surface area contributed by atoms with Crippen molar-refractivity contribution in [2.24, 2.45) is 5.10 Å². The molecule has 4 aromatic rings. The maximum atomic E-state index is 12.3. The summed E-state index contributed by atoms with van der Waals surface area (Å²) in [7, 11) is 0. The van der Waals surface area contributed by atoms with Crippen LogP contribution in [0.3, 0.4) is 0 Å². The number of halogens is 2. The molecule has 32 heavy (non-hydrogen) atoms. The fraction of sp³-hybridized carbons (Fsp3) is 0.0435. The highest BCUT2D eigenvalue weighted by atomic mass is 35.5. The summed E-state index contributed by atoms with van der Waals surface area (Å²) in [6.07, 6.45) is 1.47. The average molecular weight is 482 g/mol. The van der Waals surface area contributed by atoms with Gasteiger partial charge >= 0.3 is 0 Å². The molecule has 160 valence electrons. The standard InChI is InChI=1S/C23H17Cl2N5OS/c24-18-12-11-17(20(25)13-18)14-26-27-21(31)15-32-23-29-28-22(16-7-3-1-4-8-16)30(23)19-9-5-2-6-10-19/h1-14H,15H2,(H,27,31)/b26-14-. The lowest BCUT2D eigenvalue weighted by Crippen LogP contribution is -2.20. The molecule has 1 amide bonds. The summed E-state index contributed by atoms with van der Waals surface area (Å²) in [4.78, 5) is 12.3. The Hall–Kier alpha value is -3.13. The van der Waals surface area contributed by atoms with E-state index in [2.05, 4.69) is 20.7 Å². The fourth-order valence-corrected chi connectivity index (χ4v) is 4.09. The minimum Gasteiger partial charge on any atom is -0.272 e. The third-order valence-corrected chi connectivity index (χ3v) is 5.86. The summed E-state index contributed by atoms with van der Waals surface area (Å²) in [5.74, 6) is 0.543. The average Bonchev–Trinajstić information content (AvgIpc) is 3.24. The molecule has 0 aliphatic carbocycles. The first-order chi connectivity index (χ1) is 15.6. The largest absolute Gasteiger partial charge is 0.272 e. The van der Waals surface area contributed by atoms with Gasteiger partial charge in [0.25, 0.3) is 5.91 Å². The summed E-state index contributed by atoms with van der Waals surface area (Å²) in [6.45, 7) is 0. The van der Waals surface area contributed by atoms with Crippen LogP contribution in [0, 0.1) is 0 Å². The molecule has 1 N–H and O–H groups in total. The quantitative estimate of drug-likeness (QED) is 0.215. The zero-order valence-electron chi connectivity index (χ0n) is 16.7. The van der Waals surface area contributed by atoms with Crippen molar-refractivity contribution in [1.29, 1.82) is 0 Å². The van der Waals surface area contributed by atoms with Crippen LogP contribution in [0.15, 0.2) is 89.1 Å². The molecular formula is C23H17Cl2N5OS. The Morgan fingerprint density at radius 3 is 2.44 bits per heavy atom. The van der Waals surface area contributed by atoms with Crippen LogP contribution in [0.1, 0.15) is 5.56 Å². The van der Waals surface area contributed by atoms with Gasteiger partial charge in [-0.15, -0.1) is 10.2 Å². The third-order valence-electron chi connectivity index (χ3n) is 4.37. The number of hydrogen-bond donors (Lipinski definition) is 1. The number of nitrogens with one attached hydrogen (secondary N) is 1.